The summed E-state index contributed by atoms with van der Waals surface area (Å²) >= 11 is 11.9. The topological polar surface area (TPSA) is 75.7 Å². The molecule has 0 heterocycles. The number of carbonyl (C=O) groups is 1. The Balaban J connectivity index is 1.94. The summed E-state index contributed by atoms with van der Waals surface area (Å²) in [6.07, 6.45) is 0. The zero-order valence-corrected chi connectivity index (χ0v) is 20.1. The minimum absolute atomic E-state index is 0.119. The van der Waals surface area contributed by atoms with Crippen molar-refractivity contribution in [3.8, 4) is 5.75 Å². The van der Waals surface area contributed by atoms with Crippen LogP contribution in [0.15, 0.2) is 71.6 Å². The van der Waals surface area contributed by atoms with Crippen LogP contribution in [0.25, 0.3) is 0 Å². The van der Waals surface area contributed by atoms with Gasteiger partial charge in [-0.05, 0) is 67.1 Å². The van der Waals surface area contributed by atoms with Crippen molar-refractivity contribution in [2.45, 2.75) is 24.4 Å². The van der Waals surface area contributed by atoms with Gasteiger partial charge in [-0.15, -0.1) is 0 Å². The average molecular weight is 511 g/mol. The van der Waals surface area contributed by atoms with E-state index in [4.69, 9.17) is 27.9 Å². The van der Waals surface area contributed by atoms with Crippen LogP contribution in [0.1, 0.15) is 12.5 Å². The molecule has 3 aromatic carbocycles. The van der Waals surface area contributed by atoms with Gasteiger partial charge in [0.1, 0.15) is 17.6 Å². The standard InChI is InChI=1S/C23H21Cl2FN2O4S/c1-15(23(29)27-14-16-3-8-19(32-2)9-4-16)28(22-13-18(25)7-12-21(22)26)33(30,31)20-10-5-17(24)6-11-20/h3-13,15H,14H2,1-2H3,(H,27,29)/t15-/m1/s1. The van der Waals surface area contributed by atoms with Gasteiger partial charge in [0.05, 0.1) is 17.7 Å². The zero-order chi connectivity index (χ0) is 24.2. The number of nitrogens with one attached hydrogen (secondary N) is 1. The van der Waals surface area contributed by atoms with Crippen LogP contribution in [0.5, 0.6) is 5.75 Å². The van der Waals surface area contributed by atoms with Gasteiger partial charge >= 0.3 is 0 Å². The van der Waals surface area contributed by atoms with E-state index in [0.717, 1.165) is 22.0 Å². The number of methoxy groups -OCH3 is 1. The van der Waals surface area contributed by atoms with E-state index in [2.05, 4.69) is 5.32 Å². The molecule has 0 bridgehead atoms. The summed E-state index contributed by atoms with van der Waals surface area (Å²) in [4.78, 5) is 12.8. The fourth-order valence-electron chi connectivity index (χ4n) is 3.11. The zero-order valence-electron chi connectivity index (χ0n) is 17.8. The highest BCUT2D eigenvalue weighted by Gasteiger charge is 2.35. The minimum Gasteiger partial charge on any atom is -0.497 e. The normalized spacial score (nSPS) is 12.2. The number of anilines is 1. The van der Waals surface area contributed by atoms with E-state index in [1.807, 2.05) is 0 Å². The van der Waals surface area contributed by atoms with Crippen molar-refractivity contribution in [3.05, 3.63) is 88.2 Å². The molecule has 33 heavy (non-hydrogen) atoms. The van der Waals surface area contributed by atoms with E-state index in [1.165, 1.54) is 37.3 Å². The van der Waals surface area contributed by atoms with Crippen molar-refractivity contribution >= 4 is 44.8 Å². The van der Waals surface area contributed by atoms with Gasteiger partial charge in [0, 0.05) is 16.6 Å². The highest BCUT2D eigenvalue weighted by Crippen LogP contribution is 2.31. The van der Waals surface area contributed by atoms with Crippen molar-refractivity contribution in [1.82, 2.24) is 5.32 Å². The SMILES string of the molecule is COc1ccc(CNC(=O)[C@@H](C)N(c2cc(Cl)ccc2F)S(=O)(=O)c2ccc(Cl)cc2)cc1. The number of ether oxygens (including phenoxy) is 1. The molecular formula is C23H21Cl2FN2O4S. The Bertz CT molecular complexity index is 1240. The van der Waals surface area contributed by atoms with Gasteiger partial charge in [-0.3, -0.25) is 9.10 Å². The molecule has 1 amide bonds. The lowest BCUT2D eigenvalue weighted by atomic mass is 10.2. The highest BCUT2D eigenvalue weighted by atomic mass is 35.5. The van der Waals surface area contributed by atoms with Gasteiger partial charge in [0.25, 0.3) is 10.0 Å². The average Bonchev–Trinajstić information content (AvgIpc) is 2.80. The smallest absolute Gasteiger partial charge is 0.265 e. The molecule has 3 rings (SSSR count). The van der Waals surface area contributed by atoms with Gasteiger partial charge in [0.2, 0.25) is 5.91 Å². The fourth-order valence-corrected chi connectivity index (χ4v) is 5.02. The predicted molar refractivity (Wildman–Crippen MR) is 127 cm³/mol. The van der Waals surface area contributed by atoms with E-state index < -0.39 is 27.8 Å². The molecule has 1 N–H and O–H groups in total. The number of amides is 1. The van der Waals surface area contributed by atoms with Crippen LogP contribution in [-0.4, -0.2) is 27.5 Å². The number of benzene rings is 3. The largest absolute Gasteiger partial charge is 0.497 e. The Morgan fingerprint density at radius 1 is 1.03 bits per heavy atom. The van der Waals surface area contributed by atoms with Crippen molar-refractivity contribution in [2.24, 2.45) is 0 Å². The summed E-state index contributed by atoms with van der Waals surface area (Å²) in [7, 11) is -2.80. The molecule has 0 aliphatic carbocycles. The third-order valence-corrected chi connectivity index (χ3v) is 7.26. The first-order valence-corrected chi connectivity index (χ1v) is 12.0. The lowest BCUT2D eigenvalue weighted by Crippen LogP contribution is -2.48. The first-order valence-electron chi connectivity index (χ1n) is 9.79. The van der Waals surface area contributed by atoms with Crippen LogP contribution in [-0.2, 0) is 21.4 Å². The lowest BCUT2D eigenvalue weighted by Gasteiger charge is -2.30. The molecular weight excluding hydrogens is 490 g/mol. The molecule has 0 aliphatic heterocycles. The fraction of sp³-hybridized carbons (Fsp3) is 0.174. The van der Waals surface area contributed by atoms with Crippen LogP contribution >= 0.6 is 23.2 Å². The quantitative estimate of drug-likeness (QED) is 0.460. The van der Waals surface area contributed by atoms with Crippen LogP contribution in [0.3, 0.4) is 0 Å². The molecule has 1 atom stereocenters. The maximum atomic E-state index is 14.7. The summed E-state index contributed by atoms with van der Waals surface area (Å²) < 4.78 is 47.5. The summed E-state index contributed by atoms with van der Waals surface area (Å²) in [5.74, 6) is -0.801. The highest BCUT2D eigenvalue weighted by molar-refractivity contribution is 7.93. The molecule has 0 unspecified atom stereocenters. The van der Waals surface area contributed by atoms with Crippen LogP contribution in [0.4, 0.5) is 10.1 Å². The van der Waals surface area contributed by atoms with E-state index in [9.17, 15) is 17.6 Å². The predicted octanol–water partition coefficient (Wildman–Crippen LogP) is 5.04. The van der Waals surface area contributed by atoms with Crippen LogP contribution in [0, 0.1) is 5.82 Å². The number of sulfonamides is 1. The minimum atomic E-state index is -4.35. The number of hydrogen-bond donors (Lipinski definition) is 1. The molecule has 0 saturated carbocycles. The molecule has 0 aromatic heterocycles. The van der Waals surface area contributed by atoms with Gasteiger partial charge < -0.3 is 10.1 Å². The van der Waals surface area contributed by atoms with Crippen molar-refractivity contribution in [3.63, 3.8) is 0 Å². The molecule has 0 aliphatic rings. The second-order valence-corrected chi connectivity index (χ2v) is 9.78. The summed E-state index contributed by atoms with van der Waals surface area (Å²) in [5, 5.41) is 3.14. The van der Waals surface area contributed by atoms with Crippen molar-refractivity contribution in [1.29, 1.82) is 0 Å². The molecule has 10 heteroatoms. The van der Waals surface area contributed by atoms with Crippen LogP contribution < -0.4 is 14.4 Å². The van der Waals surface area contributed by atoms with E-state index >= 15 is 0 Å². The van der Waals surface area contributed by atoms with Gasteiger partial charge in [-0.1, -0.05) is 35.3 Å². The first-order chi connectivity index (χ1) is 15.6. The van der Waals surface area contributed by atoms with Crippen molar-refractivity contribution < 1.29 is 22.3 Å². The lowest BCUT2D eigenvalue weighted by molar-refractivity contribution is -0.122. The molecule has 0 fully saturated rings. The maximum Gasteiger partial charge on any atom is 0.265 e. The molecule has 0 spiro atoms. The third kappa shape index (κ3) is 5.76. The maximum absolute atomic E-state index is 14.7. The summed E-state index contributed by atoms with van der Waals surface area (Å²) in [6.45, 7) is 1.51. The Morgan fingerprint density at radius 3 is 2.24 bits per heavy atom. The van der Waals surface area contributed by atoms with Gasteiger partial charge in [0.15, 0.2) is 0 Å². The summed E-state index contributed by atoms with van der Waals surface area (Å²) in [5.41, 5.74) is 0.432. The summed E-state index contributed by atoms with van der Waals surface area (Å²) in [6, 6.07) is 14.6. The van der Waals surface area contributed by atoms with Crippen molar-refractivity contribution in [2.75, 3.05) is 11.4 Å². The molecule has 0 radical (unpaired) electrons. The Kier molecular flexibility index (Phi) is 7.84. The number of halogens is 3. The number of nitrogens with zero attached hydrogens (tertiary/aromatic N) is 1. The molecule has 6 nitrogen and oxygen atoms in total. The monoisotopic (exact) mass is 510 g/mol. The van der Waals surface area contributed by atoms with E-state index in [0.29, 0.717) is 10.8 Å². The Hall–Kier alpha value is -2.81. The molecule has 0 saturated heterocycles. The third-order valence-electron chi connectivity index (χ3n) is 4.87. The number of carbonyl (C=O) groups excluding carboxylic acids is 1. The second kappa shape index (κ2) is 10.4. The number of rotatable bonds is 8. The van der Waals surface area contributed by atoms with E-state index in [1.54, 1.807) is 31.4 Å². The van der Waals surface area contributed by atoms with E-state index in [-0.39, 0.29) is 22.2 Å². The van der Waals surface area contributed by atoms with Crippen LogP contribution in [0.2, 0.25) is 10.0 Å². The number of hydrogen-bond acceptors (Lipinski definition) is 4. The first kappa shape index (κ1) is 24.8. The second-order valence-electron chi connectivity index (χ2n) is 7.09. The van der Waals surface area contributed by atoms with Gasteiger partial charge in [-0.25, -0.2) is 12.8 Å². The Morgan fingerprint density at radius 2 is 1.64 bits per heavy atom. The molecule has 174 valence electrons. The molecule has 3 aromatic rings. The Labute approximate surface area is 201 Å². The van der Waals surface area contributed by atoms with Gasteiger partial charge in [-0.2, -0.15) is 0 Å².